The number of benzene rings is 1. The van der Waals surface area contributed by atoms with Crippen molar-refractivity contribution in [1.82, 2.24) is 15.3 Å². The lowest BCUT2D eigenvalue weighted by atomic mass is 10.1. The number of rotatable bonds is 5. The summed E-state index contributed by atoms with van der Waals surface area (Å²) in [5.74, 6) is -1.56. The van der Waals surface area contributed by atoms with Crippen molar-refractivity contribution in [2.75, 3.05) is 18.0 Å². The number of nitrogens with one attached hydrogen (secondary N) is 2. The van der Waals surface area contributed by atoms with Gasteiger partial charge in [0, 0.05) is 42.2 Å². The SMILES string of the molecule is Cc1[nH]c(C(=O)N[C@H]2[C@@H]3CN(c4nc(-c5ccc(F)c(Cl)c5)c(C(=O)O)s4)C[C@@H]32)c(Cl)c1Cl. The standard InChI is InChI=1S/C21H16Cl3FN4O3S/c1-7-13(23)14(24)17(26-7)19(30)27-16-9-5-29(6-10(9)16)21-28-15(18(33-21)20(31)32)8-2-3-12(25)11(22)4-8/h2-4,9-10,16,26H,5-6H2,1H3,(H,27,30)(H,31,32)/t9-,10+,16+. The summed E-state index contributed by atoms with van der Waals surface area (Å²) in [5, 5.41) is 13.6. The molecule has 1 saturated carbocycles. The number of thiazole rings is 1. The number of aromatic nitrogens is 2. The molecule has 3 atom stereocenters. The van der Waals surface area contributed by atoms with E-state index in [0.29, 0.717) is 34.5 Å². The number of piperidine rings is 1. The lowest BCUT2D eigenvalue weighted by Crippen LogP contribution is -2.34. The van der Waals surface area contributed by atoms with Crippen LogP contribution in [-0.2, 0) is 0 Å². The smallest absolute Gasteiger partial charge is 0.348 e. The monoisotopic (exact) mass is 528 g/mol. The third-order valence-electron chi connectivity index (χ3n) is 6.05. The maximum atomic E-state index is 13.5. The van der Waals surface area contributed by atoms with Gasteiger partial charge in [-0.1, -0.05) is 46.1 Å². The summed E-state index contributed by atoms with van der Waals surface area (Å²) >= 11 is 19.1. The van der Waals surface area contributed by atoms with Crippen LogP contribution in [0, 0.1) is 24.6 Å². The molecule has 2 fully saturated rings. The van der Waals surface area contributed by atoms with Crippen molar-refractivity contribution in [3.8, 4) is 11.3 Å². The third-order valence-corrected chi connectivity index (χ3v) is 8.39. The predicted molar refractivity (Wildman–Crippen MR) is 125 cm³/mol. The maximum absolute atomic E-state index is 13.5. The summed E-state index contributed by atoms with van der Waals surface area (Å²) < 4.78 is 13.5. The second-order valence-corrected chi connectivity index (χ2v) is 10.2. The predicted octanol–water partition coefficient (Wildman–Crippen LogP) is 5.11. The Morgan fingerprint density at radius 2 is 1.94 bits per heavy atom. The van der Waals surface area contributed by atoms with Gasteiger partial charge in [0.05, 0.1) is 20.8 Å². The van der Waals surface area contributed by atoms with E-state index in [2.05, 4.69) is 15.3 Å². The van der Waals surface area contributed by atoms with Gasteiger partial charge in [0.2, 0.25) is 0 Å². The van der Waals surface area contributed by atoms with Crippen LogP contribution in [0.5, 0.6) is 0 Å². The Morgan fingerprint density at radius 3 is 2.52 bits per heavy atom. The van der Waals surface area contributed by atoms with Crippen LogP contribution in [0.1, 0.15) is 25.9 Å². The van der Waals surface area contributed by atoms with E-state index in [1.807, 2.05) is 4.90 Å². The highest BCUT2D eigenvalue weighted by Crippen LogP contribution is 2.48. The summed E-state index contributed by atoms with van der Waals surface area (Å²) in [7, 11) is 0. The fourth-order valence-electron chi connectivity index (χ4n) is 4.28. The molecule has 0 unspecified atom stereocenters. The highest BCUT2D eigenvalue weighted by atomic mass is 35.5. The minimum Gasteiger partial charge on any atom is -0.477 e. The van der Waals surface area contributed by atoms with Crippen molar-refractivity contribution in [1.29, 1.82) is 0 Å². The van der Waals surface area contributed by atoms with E-state index in [4.69, 9.17) is 34.8 Å². The maximum Gasteiger partial charge on any atom is 0.348 e. The fraction of sp³-hybridized carbons (Fsp3) is 0.286. The summed E-state index contributed by atoms with van der Waals surface area (Å²) in [4.78, 5) is 33.9. The van der Waals surface area contributed by atoms with Crippen LogP contribution in [0.4, 0.5) is 9.52 Å². The van der Waals surface area contributed by atoms with Gasteiger partial charge in [-0.05, 0) is 25.1 Å². The Balaban J connectivity index is 1.29. The Labute approximate surface area is 206 Å². The number of carboxylic acids is 1. The zero-order chi connectivity index (χ0) is 23.6. The summed E-state index contributed by atoms with van der Waals surface area (Å²) in [6, 6.07) is 4.02. The number of anilines is 1. The fourth-order valence-corrected chi connectivity index (χ4v) is 5.82. The van der Waals surface area contributed by atoms with E-state index in [1.54, 1.807) is 6.92 Å². The van der Waals surface area contributed by atoms with Gasteiger partial charge in [-0.15, -0.1) is 0 Å². The number of aromatic amines is 1. The number of fused-ring (bicyclic) bond motifs is 1. The lowest BCUT2D eigenvalue weighted by molar-refractivity contribution is 0.0702. The van der Waals surface area contributed by atoms with Crippen LogP contribution in [0.2, 0.25) is 15.1 Å². The van der Waals surface area contributed by atoms with Gasteiger partial charge in [0.15, 0.2) is 5.13 Å². The second-order valence-electron chi connectivity index (χ2n) is 8.09. The Morgan fingerprint density at radius 1 is 1.24 bits per heavy atom. The first-order valence-corrected chi connectivity index (χ1v) is 11.9. The first-order valence-electron chi connectivity index (χ1n) is 9.94. The molecule has 0 bridgehead atoms. The first kappa shape index (κ1) is 22.5. The summed E-state index contributed by atoms with van der Waals surface area (Å²) in [6.07, 6.45) is 0. The number of hydrogen-bond donors (Lipinski definition) is 3. The molecule has 7 nitrogen and oxygen atoms in total. The molecule has 172 valence electrons. The molecule has 3 aromatic rings. The molecule has 1 aromatic carbocycles. The number of carbonyl (C=O) groups excluding carboxylic acids is 1. The molecule has 12 heteroatoms. The highest BCUT2D eigenvalue weighted by molar-refractivity contribution is 7.17. The second kappa shape index (κ2) is 8.16. The van der Waals surface area contributed by atoms with Crippen LogP contribution >= 0.6 is 46.1 Å². The summed E-state index contributed by atoms with van der Waals surface area (Å²) in [5.41, 5.74) is 1.57. The third kappa shape index (κ3) is 3.86. The molecule has 0 spiro atoms. The van der Waals surface area contributed by atoms with E-state index < -0.39 is 11.8 Å². The number of aryl methyl sites for hydroxylation is 1. The van der Waals surface area contributed by atoms with Crippen molar-refractivity contribution in [2.45, 2.75) is 13.0 Å². The minimum absolute atomic E-state index is 0.00137. The first-order chi connectivity index (χ1) is 15.7. The molecular formula is C21H16Cl3FN4O3S. The number of H-pyrrole nitrogens is 1. The largest absolute Gasteiger partial charge is 0.477 e. The Kier molecular flexibility index (Phi) is 5.55. The number of carboxylic acid groups (broad SMARTS) is 1. The molecule has 33 heavy (non-hydrogen) atoms. The number of nitrogens with zero attached hydrogens (tertiary/aromatic N) is 2. The number of amides is 1. The van der Waals surface area contributed by atoms with Gasteiger partial charge in [-0.3, -0.25) is 4.79 Å². The van der Waals surface area contributed by atoms with Crippen molar-refractivity contribution in [2.24, 2.45) is 11.8 Å². The average molecular weight is 530 g/mol. The molecule has 2 aromatic heterocycles. The van der Waals surface area contributed by atoms with Gasteiger partial charge in [-0.2, -0.15) is 0 Å². The lowest BCUT2D eigenvalue weighted by Gasteiger charge is -2.19. The molecule has 3 N–H and O–H groups in total. The van der Waals surface area contributed by atoms with E-state index >= 15 is 0 Å². The summed E-state index contributed by atoms with van der Waals surface area (Å²) in [6.45, 7) is 3.00. The number of aromatic carboxylic acids is 1. The van der Waals surface area contributed by atoms with Crippen LogP contribution in [0.25, 0.3) is 11.3 Å². The molecule has 1 amide bonds. The van der Waals surface area contributed by atoms with Gasteiger partial charge < -0.3 is 20.3 Å². The quantitative estimate of drug-likeness (QED) is 0.427. The number of halogens is 4. The van der Waals surface area contributed by atoms with Crippen LogP contribution < -0.4 is 10.2 Å². The average Bonchev–Trinajstić information content (AvgIpc) is 3.17. The normalized spacial score (nSPS) is 21.2. The van der Waals surface area contributed by atoms with Crippen molar-refractivity contribution < 1.29 is 19.1 Å². The molecule has 3 heterocycles. The van der Waals surface area contributed by atoms with Gasteiger partial charge >= 0.3 is 5.97 Å². The zero-order valence-electron chi connectivity index (χ0n) is 17.0. The van der Waals surface area contributed by atoms with E-state index in [-0.39, 0.29) is 50.1 Å². The number of hydrogen-bond acceptors (Lipinski definition) is 5. The van der Waals surface area contributed by atoms with Gasteiger partial charge in [-0.25, -0.2) is 14.2 Å². The van der Waals surface area contributed by atoms with E-state index in [9.17, 15) is 19.1 Å². The molecule has 5 rings (SSSR count). The van der Waals surface area contributed by atoms with Crippen molar-refractivity contribution >= 4 is 63.1 Å². The zero-order valence-corrected chi connectivity index (χ0v) is 20.0. The van der Waals surface area contributed by atoms with Crippen LogP contribution in [-0.4, -0.2) is 46.1 Å². The number of carbonyl (C=O) groups is 2. The highest BCUT2D eigenvalue weighted by Gasteiger charge is 2.57. The topological polar surface area (TPSA) is 98.3 Å². The van der Waals surface area contributed by atoms with Crippen molar-refractivity contribution in [3.05, 3.63) is 55.3 Å². The van der Waals surface area contributed by atoms with Crippen LogP contribution in [0.15, 0.2) is 18.2 Å². The van der Waals surface area contributed by atoms with Crippen molar-refractivity contribution in [3.63, 3.8) is 0 Å². The molecule has 0 radical (unpaired) electrons. The van der Waals surface area contributed by atoms with Gasteiger partial charge in [0.25, 0.3) is 5.91 Å². The Hall–Kier alpha value is -2.33. The molecule has 2 aliphatic rings. The van der Waals surface area contributed by atoms with Crippen LogP contribution in [0.3, 0.4) is 0 Å². The molecule has 1 saturated heterocycles. The van der Waals surface area contributed by atoms with E-state index in [1.165, 1.54) is 18.2 Å². The minimum atomic E-state index is -1.11. The van der Waals surface area contributed by atoms with E-state index in [0.717, 1.165) is 11.3 Å². The Bertz CT molecular complexity index is 1300. The molecule has 1 aliphatic carbocycles. The molecule has 1 aliphatic heterocycles. The van der Waals surface area contributed by atoms with Gasteiger partial charge in [0.1, 0.15) is 16.4 Å². The molecular weight excluding hydrogens is 514 g/mol.